The molecule has 0 bridgehead atoms. The van der Waals surface area contributed by atoms with Gasteiger partial charge in [-0.1, -0.05) is 74.1 Å². The Bertz CT molecular complexity index is 277. The summed E-state index contributed by atoms with van der Waals surface area (Å²) in [6.07, 6.45) is 0. The Morgan fingerprint density at radius 2 is 1.18 bits per heavy atom. The van der Waals surface area contributed by atoms with Gasteiger partial charge in [0.2, 0.25) is 0 Å². The first-order chi connectivity index (χ1) is 7.41. The summed E-state index contributed by atoms with van der Waals surface area (Å²) in [6.45, 7) is 19.1. The molecular weight excluding hydrogens is 204 g/mol. The molecule has 0 aliphatic carbocycles. The molecule has 0 N–H and O–H groups in total. The number of benzene rings is 1. The van der Waals surface area contributed by atoms with E-state index in [9.17, 15) is 0 Å². The smallest absolute Gasteiger partial charge is 0.0132 e. The van der Waals surface area contributed by atoms with Gasteiger partial charge in [-0.3, -0.25) is 0 Å². The molecule has 0 heterocycles. The summed E-state index contributed by atoms with van der Waals surface area (Å²) in [4.78, 5) is 0. The van der Waals surface area contributed by atoms with Gasteiger partial charge < -0.3 is 0 Å². The number of hydrogen-bond acceptors (Lipinski definition) is 0. The predicted octanol–water partition coefficient (Wildman–Crippen LogP) is 6.29. The maximum Gasteiger partial charge on any atom is -0.0132 e. The van der Waals surface area contributed by atoms with Gasteiger partial charge in [0.25, 0.3) is 0 Å². The molecule has 1 aromatic carbocycles. The van der Waals surface area contributed by atoms with Gasteiger partial charge in [0.05, 0.1) is 0 Å². The molecule has 0 saturated carbocycles. The quantitative estimate of drug-likeness (QED) is 0.498. The molecule has 0 atom stereocenters. The summed E-state index contributed by atoms with van der Waals surface area (Å²) in [5, 5.41) is 0. The maximum absolute atomic E-state index is 2.29. The molecule has 0 radical (unpaired) electrons. The van der Waals surface area contributed by atoms with Crippen LogP contribution in [0.15, 0.2) is 18.2 Å². The van der Waals surface area contributed by atoms with Crippen molar-refractivity contribution in [3.8, 4) is 0 Å². The molecule has 0 fully saturated rings. The van der Waals surface area contributed by atoms with E-state index < -0.39 is 0 Å². The van der Waals surface area contributed by atoms with Crippen molar-refractivity contribution < 1.29 is 0 Å². The van der Waals surface area contributed by atoms with Crippen LogP contribution in [0.25, 0.3) is 0 Å². The van der Waals surface area contributed by atoms with Crippen LogP contribution in [0.3, 0.4) is 0 Å². The molecule has 0 unspecified atom stereocenters. The van der Waals surface area contributed by atoms with E-state index in [1.165, 1.54) is 16.7 Å². The second-order valence-electron chi connectivity index (χ2n) is 4.55. The standard InChI is InChI=1S/C12H18.2C2H6.CH4/c1-9-6-7-11(8-10(9)2)12(3,4)5;2*1-2;/h6-8H,1-5H3;2*1-2H3;1H4. The van der Waals surface area contributed by atoms with Crippen LogP contribution in [-0.4, -0.2) is 0 Å². The molecule has 0 spiro atoms. The minimum atomic E-state index is 0. The lowest BCUT2D eigenvalue weighted by Crippen LogP contribution is -2.11. The molecule has 102 valence electrons. The molecule has 0 aliphatic rings. The van der Waals surface area contributed by atoms with E-state index >= 15 is 0 Å². The van der Waals surface area contributed by atoms with E-state index in [4.69, 9.17) is 0 Å². The fourth-order valence-electron chi connectivity index (χ4n) is 1.21. The van der Waals surface area contributed by atoms with Gasteiger partial charge in [-0.2, -0.15) is 0 Å². The van der Waals surface area contributed by atoms with Crippen LogP contribution in [0.4, 0.5) is 0 Å². The zero-order valence-electron chi connectivity index (χ0n) is 12.7. The van der Waals surface area contributed by atoms with Crippen LogP contribution < -0.4 is 0 Å². The van der Waals surface area contributed by atoms with Crippen LogP contribution in [0.5, 0.6) is 0 Å². The van der Waals surface area contributed by atoms with Crippen molar-refractivity contribution in [3.63, 3.8) is 0 Å². The van der Waals surface area contributed by atoms with E-state index in [0.717, 1.165) is 0 Å². The first kappa shape index (κ1) is 21.5. The minimum Gasteiger partial charge on any atom is -0.0776 e. The van der Waals surface area contributed by atoms with Crippen molar-refractivity contribution in [2.24, 2.45) is 0 Å². The largest absolute Gasteiger partial charge is 0.0776 e. The summed E-state index contributed by atoms with van der Waals surface area (Å²) in [5.41, 5.74) is 4.47. The predicted molar refractivity (Wildman–Crippen MR) is 84.0 cm³/mol. The number of rotatable bonds is 0. The minimum absolute atomic E-state index is 0. The molecule has 0 heteroatoms. The van der Waals surface area contributed by atoms with Gasteiger partial charge >= 0.3 is 0 Å². The Kier molecular flexibility index (Phi) is 13.1. The molecule has 1 aromatic rings. The van der Waals surface area contributed by atoms with E-state index in [2.05, 4.69) is 52.8 Å². The van der Waals surface area contributed by atoms with Crippen molar-refractivity contribution in [2.45, 2.75) is 75.2 Å². The molecule has 0 saturated heterocycles. The lowest BCUT2D eigenvalue weighted by atomic mass is 9.85. The molecule has 1 rings (SSSR count). The third-order valence-corrected chi connectivity index (χ3v) is 2.37. The Balaban J connectivity index is -0.000000355. The summed E-state index contributed by atoms with van der Waals surface area (Å²) >= 11 is 0. The summed E-state index contributed by atoms with van der Waals surface area (Å²) in [6, 6.07) is 6.72. The lowest BCUT2D eigenvalue weighted by Gasteiger charge is -2.19. The maximum atomic E-state index is 2.29. The van der Waals surface area contributed by atoms with E-state index in [0.29, 0.717) is 0 Å². The molecule has 0 amide bonds. The van der Waals surface area contributed by atoms with Crippen LogP contribution in [0.1, 0.15) is 72.6 Å². The first-order valence-electron chi connectivity index (χ1n) is 6.49. The summed E-state index contributed by atoms with van der Waals surface area (Å²) < 4.78 is 0. The topological polar surface area (TPSA) is 0 Å². The van der Waals surface area contributed by atoms with Gasteiger partial charge in [-0.25, -0.2) is 0 Å². The Hall–Kier alpha value is -0.780. The average Bonchev–Trinajstić information content (AvgIpc) is 2.26. The number of aryl methyl sites for hydroxylation is 2. The van der Waals surface area contributed by atoms with Gasteiger partial charge in [0.15, 0.2) is 0 Å². The second kappa shape index (κ2) is 10.4. The van der Waals surface area contributed by atoms with Crippen molar-refractivity contribution in [2.75, 3.05) is 0 Å². The van der Waals surface area contributed by atoms with Crippen molar-refractivity contribution in [3.05, 3.63) is 34.9 Å². The molecule has 0 aromatic heterocycles. The molecular formula is C17H34. The summed E-state index contributed by atoms with van der Waals surface area (Å²) in [5.74, 6) is 0. The zero-order valence-corrected chi connectivity index (χ0v) is 12.7. The average molecular weight is 238 g/mol. The van der Waals surface area contributed by atoms with Crippen molar-refractivity contribution in [1.29, 1.82) is 0 Å². The van der Waals surface area contributed by atoms with Crippen molar-refractivity contribution in [1.82, 2.24) is 0 Å². The van der Waals surface area contributed by atoms with E-state index in [-0.39, 0.29) is 12.8 Å². The highest BCUT2D eigenvalue weighted by Crippen LogP contribution is 2.23. The van der Waals surface area contributed by atoms with Gasteiger partial charge in [-0.15, -0.1) is 0 Å². The van der Waals surface area contributed by atoms with Crippen LogP contribution in [0, 0.1) is 13.8 Å². The fourth-order valence-corrected chi connectivity index (χ4v) is 1.21. The Morgan fingerprint density at radius 3 is 1.47 bits per heavy atom. The highest BCUT2D eigenvalue weighted by Gasteiger charge is 2.13. The lowest BCUT2D eigenvalue weighted by molar-refractivity contribution is 0.589. The first-order valence-corrected chi connectivity index (χ1v) is 6.49. The highest BCUT2D eigenvalue weighted by molar-refractivity contribution is 5.33. The molecule has 0 aliphatic heterocycles. The van der Waals surface area contributed by atoms with Crippen LogP contribution in [-0.2, 0) is 5.41 Å². The third-order valence-electron chi connectivity index (χ3n) is 2.37. The Morgan fingerprint density at radius 1 is 0.765 bits per heavy atom. The van der Waals surface area contributed by atoms with Gasteiger partial charge in [0, 0.05) is 0 Å². The summed E-state index contributed by atoms with van der Waals surface area (Å²) in [7, 11) is 0. The number of hydrogen-bond donors (Lipinski definition) is 0. The van der Waals surface area contributed by atoms with Gasteiger partial charge in [-0.05, 0) is 36.0 Å². The van der Waals surface area contributed by atoms with E-state index in [1.54, 1.807) is 0 Å². The highest BCUT2D eigenvalue weighted by atomic mass is 14.2. The SMILES string of the molecule is C.CC.CC.Cc1ccc(C(C)(C)C)cc1C. The van der Waals surface area contributed by atoms with Crippen molar-refractivity contribution >= 4 is 0 Å². The normalized spacial score (nSPS) is 9.00. The zero-order chi connectivity index (χ0) is 13.4. The third kappa shape index (κ3) is 8.01. The second-order valence-corrected chi connectivity index (χ2v) is 4.55. The Labute approximate surface area is 110 Å². The monoisotopic (exact) mass is 238 g/mol. The molecule has 17 heavy (non-hydrogen) atoms. The van der Waals surface area contributed by atoms with Crippen LogP contribution in [0.2, 0.25) is 0 Å². The van der Waals surface area contributed by atoms with Crippen LogP contribution >= 0.6 is 0 Å². The fraction of sp³-hybridized carbons (Fsp3) is 0.647. The van der Waals surface area contributed by atoms with E-state index in [1.807, 2.05) is 27.7 Å². The molecule has 0 nitrogen and oxygen atoms in total. The van der Waals surface area contributed by atoms with Gasteiger partial charge in [0.1, 0.15) is 0 Å².